The second-order valence-electron chi connectivity index (χ2n) is 3.88. The Morgan fingerprint density at radius 1 is 1.35 bits per heavy atom. The van der Waals surface area contributed by atoms with Crippen LogP contribution in [-0.2, 0) is 9.53 Å². The first-order chi connectivity index (χ1) is 8.02. The van der Waals surface area contributed by atoms with Crippen LogP contribution in [0.3, 0.4) is 0 Å². The normalized spacial score (nSPS) is 13.9. The van der Waals surface area contributed by atoms with Crippen molar-refractivity contribution in [2.75, 3.05) is 6.61 Å². The van der Waals surface area contributed by atoms with Gasteiger partial charge < -0.3 is 9.84 Å². The molecule has 1 unspecified atom stereocenters. The second kappa shape index (κ2) is 8.53. The molecule has 0 aromatic rings. The zero-order valence-electron chi connectivity index (χ0n) is 10.4. The second-order valence-corrected chi connectivity index (χ2v) is 3.88. The monoisotopic (exact) mass is 236 g/mol. The van der Waals surface area contributed by atoms with Crippen LogP contribution in [0, 0.1) is 5.92 Å². The number of hydrogen-bond donors (Lipinski definition) is 1. The topological polar surface area (TPSA) is 46.5 Å². The molecule has 17 heavy (non-hydrogen) atoms. The van der Waals surface area contributed by atoms with Crippen LogP contribution in [0.15, 0.2) is 49.1 Å². The Labute approximate surface area is 103 Å². The number of carboxylic acid groups (broad SMARTS) is 1. The SMILES string of the molecule is C=C/C=C\C=C(/C=C)COC(C(=O)O)C(C)C. The van der Waals surface area contributed by atoms with E-state index in [-0.39, 0.29) is 12.5 Å². The van der Waals surface area contributed by atoms with E-state index >= 15 is 0 Å². The lowest BCUT2D eigenvalue weighted by Gasteiger charge is -2.17. The third-order valence-electron chi connectivity index (χ3n) is 2.10. The predicted molar refractivity (Wildman–Crippen MR) is 69.8 cm³/mol. The van der Waals surface area contributed by atoms with Crippen molar-refractivity contribution in [3.05, 3.63) is 49.1 Å². The number of carbonyl (C=O) groups is 1. The van der Waals surface area contributed by atoms with E-state index in [1.165, 1.54) is 0 Å². The van der Waals surface area contributed by atoms with Gasteiger partial charge in [-0.25, -0.2) is 4.79 Å². The molecule has 94 valence electrons. The maximum atomic E-state index is 10.9. The zero-order chi connectivity index (χ0) is 13.3. The molecular formula is C14H20O3. The molecule has 0 radical (unpaired) electrons. The molecule has 0 aliphatic carbocycles. The van der Waals surface area contributed by atoms with Crippen molar-refractivity contribution in [3.8, 4) is 0 Å². The fraction of sp³-hybridized carbons (Fsp3) is 0.357. The van der Waals surface area contributed by atoms with Crippen molar-refractivity contribution >= 4 is 5.97 Å². The van der Waals surface area contributed by atoms with Crippen LogP contribution in [0.4, 0.5) is 0 Å². The van der Waals surface area contributed by atoms with Crippen LogP contribution in [0.5, 0.6) is 0 Å². The minimum Gasteiger partial charge on any atom is -0.479 e. The Hall–Kier alpha value is -1.61. The van der Waals surface area contributed by atoms with E-state index in [1.54, 1.807) is 24.3 Å². The average molecular weight is 236 g/mol. The summed E-state index contributed by atoms with van der Waals surface area (Å²) in [4.78, 5) is 10.9. The minimum atomic E-state index is -0.940. The molecule has 1 N–H and O–H groups in total. The lowest BCUT2D eigenvalue weighted by molar-refractivity contribution is -0.152. The summed E-state index contributed by atoms with van der Waals surface area (Å²) in [5.41, 5.74) is 0.829. The number of carboxylic acids is 1. The number of rotatable bonds is 8. The molecule has 0 spiro atoms. The third kappa shape index (κ3) is 6.53. The molecule has 0 heterocycles. The van der Waals surface area contributed by atoms with Gasteiger partial charge in [0.2, 0.25) is 0 Å². The van der Waals surface area contributed by atoms with Gasteiger partial charge in [0, 0.05) is 0 Å². The van der Waals surface area contributed by atoms with Crippen molar-refractivity contribution < 1.29 is 14.6 Å². The highest BCUT2D eigenvalue weighted by Crippen LogP contribution is 2.09. The van der Waals surface area contributed by atoms with Gasteiger partial charge in [0.05, 0.1) is 6.61 Å². The van der Waals surface area contributed by atoms with Crippen LogP contribution in [-0.4, -0.2) is 23.8 Å². The van der Waals surface area contributed by atoms with Crippen molar-refractivity contribution in [1.82, 2.24) is 0 Å². The smallest absolute Gasteiger partial charge is 0.333 e. The van der Waals surface area contributed by atoms with Crippen molar-refractivity contribution in [3.63, 3.8) is 0 Å². The van der Waals surface area contributed by atoms with E-state index in [1.807, 2.05) is 19.9 Å². The van der Waals surface area contributed by atoms with Crippen LogP contribution >= 0.6 is 0 Å². The summed E-state index contributed by atoms with van der Waals surface area (Å²) >= 11 is 0. The Kier molecular flexibility index (Phi) is 7.72. The van der Waals surface area contributed by atoms with Gasteiger partial charge in [-0.15, -0.1) is 0 Å². The highest BCUT2D eigenvalue weighted by atomic mass is 16.5. The zero-order valence-corrected chi connectivity index (χ0v) is 10.4. The largest absolute Gasteiger partial charge is 0.479 e. The minimum absolute atomic E-state index is 0.0673. The summed E-state index contributed by atoms with van der Waals surface area (Å²) < 4.78 is 5.35. The van der Waals surface area contributed by atoms with Gasteiger partial charge in [-0.05, 0) is 11.5 Å². The van der Waals surface area contributed by atoms with E-state index in [0.717, 1.165) is 5.57 Å². The summed E-state index contributed by atoms with van der Waals surface area (Å²) in [6, 6.07) is 0. The molecule has 0 fully saturated rings. The van der Waals surface area contributed by atoms with Crippen LogP contribution in [0.25, 0.3) is 0 Å². The molecule has 0 saturated heterocycles. The summed E-state index contributed by atoms with van der Waals surface area (Å²) in [6.45, 7) is 11.1. The summed E-state index contributed by atoms with van der Waals surface area (Å²) in [5.74, 6) is -1.01. The van der Waals surface area contributed by atoms with E-state index in [4.69, 9.17) is 9.84 Å². The van der Waals surface area contributed by atoms with E-state index in [0.29, 0.717) is 0 Å². The first-order valence-corrected chi connectivity index (χ1v) is 5.48. The van der Waals surface area contributed by atoms with Crippen LogP contribution in [0.2, 0.25) is 0 Å². The van der Waals surface area contributed by atoms with Crippen LogP contribution < -0.4 is 0 Å². The van der Waals surface area contributed by atoms with Gasteiger partial charge in [0.25, 0.3) is 0 Å². The van der Waals surface area contributed by atoms with Gasteiger partial charge in [-0.1, -0.05) is 57.4 Å². The molecule has 0 aromatic carbocycles. The molecular weight excluding hydrogens is 216 g/mol. The van der Waals surface area contributed by atoms with Gasteiger partial charge in [0.15, 0.2) is 6.10 Å². The molecule has 0 aromatic heterocycles. The molecule has 0 amide bonds. The molecule has 0 aliphatic heterocycles. The molecule has 3 nitrogen and oxygen atoms in total. The number of aliphatic carboxylic acids is 1. The number of hydrogen-bond acceptors (Lipinski definition) is 2. The quantitative estimate of drug-likeness (QED) is 0.659. The highest BCUT2D eigenvalue weighted by Gasteiger charge is 2.21. The van der Waals surface area contributed by atoms with Crippen molar-refractivity contribution in [2.24, 2.45) is 5.92 Å². The highest BCUT2D eigenvalue weighted by molar-refractivity contribution is 5.72. The Morgan fingerprint density at radius 2 is 2.00 bits per heavy atom. The lowest BCUT2D eigenvalue weighted by atomic mass is 10.1. The molecule has 3 heteroatoms. The number of allylic oxidation sites excluding steroid dienone is 4. The van der Waals surface area contributed by atoms with Crippen LogP contribution in [0.1, 0.15) is 13.8 Å². The van der Waals surface area contributed by atoms with E-state index in [9.17, 15) is 4.79 Å². The van der Waals surface area contributed by atoms with Crippen molar-refractivity contribution in [2.45, 2.75) is 20.0 Å². The first kappa shape index (κ1) is 15.4. The maximum absolute atomic E-state index is 10.9. The van der Waals surface area contributed by atoms with Gasteiger partial charge in [0.1, 0.15) is 0 Å². The van der Waals surface area contributed by atoms with Gasteiger partial charge in [-0.3, -0.25) is 0 Å². The van der Waals surface area contributed by atoms with Crippen molar-refractivity contribution in [1.29, 1.82) is 0 Å². The Morgan fingerprint density at radius 3 is 2.41 bits per heavy atom. The van der Waals surface area contributed by atoms with Gasteiger partial charge in [-0.2, -0.15) is 0 Å². The Balaban J connectivity index is 4.44. The fourth-order valence-electron chi connectivity index (χ4n) is 1.17. The molecule has 0 rings (SSSR count). The Bertz CT molecular complexity index is 324. The fourth-order valence-corrected chi connectivity index (χ4v) is 1.17. The molecule has 0 aliphatic rings. The van der Waals surface area contributed by atoms with Gasteiger partial charge >= 0.3 is 5.97 Å². The van der Waals surface area contributed by atoms with E-state index in [2.05, 4.69) is 13.2 Å². The maximum Gasteiger partial charge on any atom is 0.333 e. The van der Waals surface area contributed by atoms with E-state index < -0.39 is 12.1 Å². The first-order valence-electron chi connectivity index (χ1n) is 5.48. The molecule has 0 saturated carbocycles. The third-order valence-corrected chi connectivity index (χ3v) is 2.10. The molecule has 0 bridgehead atoms. The predicted octanol–water partition coefficient (Wildman–Crippen LogP) is 2.97. The lowest BCUT2D eigenvalue weighted by Crippen LogP contribution is -2.29. The average Bonchev–Trinajstić information content (AvgIpc) is 2.26. The number of ether oxygens (including phenoxy) is 1. The summed E-state index contributed by atoms with van der Waals surface area (Å²) in [6.07, 6.45) is 7.91. The standard InChI is InChI=1S/C14H20O3/c1-5-7-8-9-12(6-2)10-17-13(11(3)4)14(15)16/h5-9,11,13H,1-2,10H2,3-4H3,(H,15,16)/b8-7-,12-9+. The summed E-state index contributed by atoms with van der Waals surface area (Å²) in [7, 11) is 0. The summed E-state index contributed by atoms with van der Waals surface area (Å²) in [5, 5.41) is 8.95. The molecule has 1 atom stereocenters.